The van der Waals surface area contributed by atoms with Gasteiger partial charge in [0.2, 0.25) is 5.91 Å². The van der Waals surface area contributed by atoms with Crippen LogP contribution in [0.4, 0.5) is 8.78 Å². The summed E-state index contributed by atoms with van der Waals surface area (Å²) >= 11 is 0. The van der Waals surface area contributed by atoms with Crippen LogP contribution in [0.5, 0.6) is 0 Å². The van der Waals surface area contributed by atoms with Crippen molar-refractivity contribution in [3.63, 3.8) is 0 Å². The normalized spacial score (nSPS) is 31.8. The van der Waals surface area contributed by atoms with Crippen molar-refractivity contribution in [2.75, 3.05) is 6.54 Å². The SMILES string of the molecule is CC1CC(NC(=O)C2CC2c2c(F)cccc2F)CCN1. The van der Waals surface area contributed by atoms with Crippen LogP contribution in [0.15, 0.2) is 18.2 Å². The smallest absolute Gasteiger partial charge is 0.223 e. The van der Waals surface area contributed by atoms with Crippen molar-refractivity contribution in [1.82, 2.24) is 10.6 Å². The van der Waals surface area contributed by atoms with Crippen molar-refractivity contribution in [1.29, 1.82) is 0 Å². The van der Waals surface area contributed by atoms with Gasteiger partial charge >= 0.3 is 0 Å². The van der Waals surface area contributed by atoms with Gasteiger partial charge in [0, 0.05) is 29.5 Å². The lowest BCUT2D eigenvalue weighted by Crippen LogP contribution is -2.47. The van der Waals surface area contributed by atoms with Crippen LogP contribution in [0.1, 0.15) is 37.7 Å². The summed E-state index contributed by atoms with van der Waals surface area (Å²) in [5, 5.41) is 6.36. The predicted molar refractivity (Wildman–Crippen MR) is 75.8 cm³/mol. The Bertz CT molecular complexity index is 529. The van der Waals surface area contributed by atoms with Gasteiger partial charge < -0.3 is 10.6 Å². The minimum atomic E-state index is -0.550. The molecule has 1 aliphatic heterocycles. The van der Waals surface area contributed by atoms with Gasteiger partial charge in [0.25, 0.3) is 0 Å². The first-order valence-electron chi connectivity index (χ1n) is 7.54. The number of halogens is 2. The number of benzene rings is 1. The number of hydrogen-bond acceptors (Lipinski definition) is 2. The van der Waals surface area contributed by atoms with Crippen LogP contribution >= 0.6 is 0 Å². The molecule has 2 N–H and O–H groups in total. The van der Waals surface area contributed by atoms with Gasteiger partial charge in [-0.15, -0.1) is 0 Å². The summed E-state index contributed by atoms with van der Waals surface area (Å²) in [5.74, 6) is -1.77. The van der Waals surface area contributed by atoms with E-state index >= 15 is 0 Å². The molecule has 0 bridgehead atoms. The molecule has 1 saturated carbocycles. The highest BCUT2D eigenvalue weighted by Crippen LogP contribution is 2.49. The van der Waals surface area contributed by atoms with Crippen LogP contribution in [-0.4, -0.2) is 24.5 Å². The van der Waals surface area contributed by atoms with E-state index in [9.17, 15) is 13.6 Å². The summed E-state index contributed by atoms with van der Waals surface area (Å²) in [5.41, 5.74) is 0.0660. The van der Waals surface area contributed by atoms with E-state index in [2.05, 4.69) is 17.6 Å². The van der Waals surface area contributed by atoms with Crippen LogP contribution in [0.25, 0.3) is 0 Å². The maximum atomic E-state index is 13.7. The predicted octanol–water partition coefficient (Wildman–Crippen LogP) is 2.32. The number of hydrogen-bond donors (Lipinski definition) is 2. The maximum Gasteiger partial charge on any atom is 0.223 e. The molecule has 4 atom stereocenters. The van der Waals surface area contributed by atoms with Crippen LogP contribution in [0.2, 0.25) is 0 Å². The Kier molecular flexibility index (Phi) is 3.93. The van der Waals surface area contributed by atoms with Gasteiger partial charge in [-0.05, 0) is 44.9 Å². The fourth-order valence-corrected chi connectivity index (χ4v) is 3.24. The Hall–Kier alpha value is -1.49. The summed E-state index contributed by atoms with van der Waals surface area (Å²) in [6, 6.07) is 4.41. The second-order valence-electron chi connectivity index (χ2n) is 6.17. The highest BCUT2D eigenvalue weighted by atomic mass is 19.1. The lowest BCUT2D eigenvalue weighted by atomic mass is 10.00. The molecule has 0 aromatic heterocycles. The standard InChI is InChI=1S/C16H20F2N2O/c1-9-7-10(5-6-19-9)20-16(21)12-8-11(12)15-13(17)3-2-4-14(15)18/h2-4,9-12,19H,5-8H2,1H3,(H,20,21). The average Bonchev–Trinajstić information content (AvgIpc) is 3.19. The maximum absolute atomic E-state index is 13.7. The van der Waals surface area contributed by atoms with E-state index in [1.807, 2.05) is 0 Å². The molecule has 1 aliphatic carbocycles. The van der Waals surface area contributed by atoms with E-state index in [1.165, 1.54) is 18.2 Å². The van der Waals surface area contributed by atoms with E-state index < -0.39 is 11.6 Å². The van der Waals surface area contributed by atoms with Crippen LogP contribution in [-0.2, 0) is 4.79 Å². The first-order chi connectivity index (χ1) is 10.1. The van der Waals surface area contributed by atoms with Crippen LogP contribution < -0.4 is 10.6 Å². The Labute approximate surface area is 123 Å². The molecular formula is C16H20F2N2O. The Morgan fingerprint density at radius 3 is 2.67 bits per heavy atom. The summed E-state index contributed by atoms with van der Waals surface area (Å²) in [6.07, 6.45) is 2.34. The minimum Gasteiger partial charge on any atom is -0.353 e. The lowest BCUT2D eigenvalue weighted by Gasteiger charge is -2.28. The van der Waals surface area contributed by atoms with E-state index in [0.717, 1.165) is 19.4 Å². The number of nitrogens with one attached hydrogen (secondary N) is 2. The topological polar surface area (TPSA) is 41.1 Å². The highest BCUT2D eigenvalue weighted by Gasteiger charge is 2.47. The molecule has 2 fully saturated rings. The van der Waals surface area contributed by atoms with E-state index in [1.54, 1.807) is 0 Å². The molecule has 2 aliphatic rings. The van der Waals surface area contributed by atoms with E-state index in [4.69, 9.17) is 0 Å². The quantitative estimate of drug-likeness (QED) is 0.898. The number of piperidine rings is 1. The summed E-state index contributed by atoms with van der Waals surface area (Å²) in [7, 11) is 0. The van der Waals surface area contributed by atoms with Crippen molar-refractivity contribution in [2.24, 2.45) is 5.92 Å². The molecule has 1 amide bonds. The molecule has 3 rings (SSSR count). The van der Waals surface area contributed by atoms with Crippen LogP contribution in [0, 0.1) is 17.6 Å². The molecule has 4 unspecified atom stereocenters. The molecule has 1 aromatic carbocycles. The zero-order valence-corrected chi connectivity index (χ0v) is 12.0. The number of carbonyl (C=O) groups is 1. The zero-order chi connectivity index (χ0) is 15.0. The summed E-state index contributed by atoms with van der Waals surface area (Å²) < 4.78 is 27.4. The third-order valence-electron chi connectivity index (χ3n) is 4.47. The average molecular weight is 294 g/mol. The molecule has 0 spiro atoms. The third kappa shape index (κ3) is 3.07. The number of amides is 1. The number of carbonyl (C=O) groups excluding carboxylic acids is 1. The minimum absolute atomic E-state index is 0.0660. The zero-order valence-electron chi connectivity index (χ0n) is 12.0. The van der Waals surface area contributed by atoms with Gasteiger partial charge in [-0.1, -0.05) is 6.07 Å². The summed E-state index contributed by atoms with van der Waals surface area (Å²) in [4.78, 5) is 12.2. The molecule has 1 heterocycles. The van der Waals surface area contributed by atoms with Gasteiger partial charge in [-0.3, -0.25) is 4.79 Å². The molecule has 3 nitrogen and oxygen atoms in total. The Balaban J connectivity index is 1.61. The fourth-order valence-electron chi connectivity index (χ4n) is 3.24. The van der Waals surface area contributed by atoms with Crippen molar-refractivity contribution in [2.45, 2.75) is 44.2 Å². The number of rotatable bonds is 3. The summed E-state index contributed by atoms with van der Waals surface area (Å²) in [6.45, 7) is 2.98. The van der Waals surface area contributed by atoms with Crippen LogP contribution in [0.3, 0.4) is 0 Å². The fraction of sp³-hybridized carbons (Fsp3) is 0.562. The molecule has 5 heteroatoms. The second kappa shape index (κ2) is 5.72. The van der Waals surface area contributed by atoms with Crippen molar-refractivity contribution >= 4 is 5.91 Å². The highest BCUT2D eigenvalue weighted by molar-refractivity contribution is 5.83. The third-order valence-corrected chi connectivity index (χ3v) is 4.47. The molecule has 21 heavy (non-hydrogen) atoms. The second-order valence-corrected chi connectivity index (χ2v) is 6.17. The van der Waals surface area contributed by atoms with Gasteiger partial charge in [-0.25, -0.2) is 8.78 Å². The van der Waals surface area contributed by atoms with Crippen molar-refractivity contribution < 1.29 is 13.6 Å². The first kappa shape index (κ1) is 14.4. The molecular weight excluding hydrogens is 274 g/mol. The van der Waals surface area contributed by atoms with Crippen molar-refractivity contribution in [3.8, 4) is 0 Å². The van der Waals surface area contributed by atoms with Gasteiger partial charge in [0.15, 0.2) is 0 Å². The molecule has 114 valence electrons. The molecule has 1 aromatic rings. The van der Waals surface area contributed by atoms with E-state index in [-0.39, 0.29) is 29.3 Å². The Morgan fingerprint density at radius 1 is 1.29 bits per heavy atom. The lowest BCUT2D eigenvalue weighted by molar-refractivity contribution is -0.123. The monoisotopic (exact) mass is 294 g/mol. The van der Waals surface area contributed by atoms with E-state index in [0.29, 0.717) is 12.5 Å². The van der Waals surface area contributed by atoms with Gasteiger partial charge in [0.1, 0.15) is 11.6 Å². The van der Waals surface area contributed by atoms with Crippen molar-refractivity contribution in [3.05, 3.63) is 35.4 Å². The molecule has 0 radical (unpaired) electrons. The van der Waals surface area contributed by atoms with Gasteiger partial charge in [-0.2, -0.15) is 0 Å². The van der Waals surface area contributed by atoms with Gasteiger partial charge in [0.05, 0.1) is 0 Å². The molecule has 1 saturated heterocycles. The first-order valence-corrected chi connectivity index (χ1v) is 7.54. The Morgan fingerprint density at radius 2 is 2.00 bits per heavy atom. The largest absolute Gasteiger partial charge is 0.353 e.